The van der Waals surface area contributed by atoms with Gasteiger partial charge in [0.2, 0.25) is 0 Å². The number of aromatic amines is 1. The molecule has 1 amide bonds. The second-order valence-electron chi connectivity index (χ2n) is 5.95. The van der Waals surface area contributed by atoms with Crippen LogP contribution in [0.3, 0.4) is 0 Å². The predicted molar refractivity (Wildman–Crippen MR) is 88.4 cm³/mol. The molecule has 1 aliphatic heterocycles. The number of nitrogens with zero attached hydrogens (tertiary/aromatic N) is 3. The second kappa shape index (κ2) is 6.31. The van der Waals surface area contributed by atoms with Crippen molar-refractivity contribution in [3.8, 4) is 11.4 Å². The van der Waals surface area contributed by atoms with E-state index in [1.807, 2.05) is 35.2 Å². The van der Waals surface area contributed by atoms with Crippen LogP contribution in [0.15, 0.2) is 53.1 Å². The summed E-state index contributed by atoms with van der Waals surface area (Å²) in [6.07, 6.45) is 3.27. The van der Waals surface area contributed by atoms with Crippen molar-refractivity contribution in [2.75, 3.05) is 13.1 Å². The van der Waals surface area contributed by atoms with E-state index in [0.717, 1.165) is 30.1 Å². The Labute approximate surface area is 139 Å². The van der Waals surface area contributed by atoms with Gasteiger partial charge in [-0.3, -0.25) is 9.89 Å². The minimum Gasteiger partial charge on any atom is -0.459 e. The summed E-state index contributed by atoms with van der Waals surface area (Å²) in [6.45, 7) is 1.40. The summed E-state index contributed by atoms with van der Waals surface area (Å²) in [5.41, 5.74) is 1.01. The number of aromatic nitrogens is 3. The number of piperidine rings is 1. The molecule has 0 unspecified atom stereocenters. The molecule has 0 radical (unpaired) electrons. The highest BCUT2D eigenvalue weighted by molar-refractivity contribution is 5.91. The lowest BCUT2D eigenvalue weighted by molar-refractivity contribution is 0.0679. The van der Waals surface area contributed by atoms with Crippen molar-refractivity contribution in [2.45, 2.75) is 18.8 Å². The van der Waals surface area contributed by atoms with Crippen LogP contribution < -0.4 is 0 Å². The quantitative estimate of drug-likeness (QED) is 0.804. The fourth-order valence-electron chi connectivity index (χ4n) is 3.09. The van der Waals surface area contributed by atoms with Crippen LogP contribution in [0.4, 0.5) is 0 Å². The molecule has 6 heteroatoms. The highest BCUT2D eigenvalue weighted by Gasteiger charge is 2.27. The Morgan fingerprint density at radius 2 is 1.92 bits per heavy atom. The van der Waals surface area contributed by atoms with E-state index in [-0.39, 0.29) is 5.91 Å². The molecule has 1 saturated heterocycles. The van der Waals surface area contributed by atoms with Crippen LogP contribution in [0, 0.1) is 0 Å². The molecular weight excluding hydrogens is 304 g/mol. The molecule has 1 aliphatic rings. The maximum absolute atomic E-state index is 12.3. The van der Waals surface area contributed by atoms with E-state index >= 15 is 0 Å². The Morgan fingerprint density at radius 3 is 2.62 bits per heavy atom. The SMILES string of the molecule is O=C(c1ccco1)N1CCC(c2nc(-c3ccccc3)n[nH]2)CC1. The van der Waals surface area contributed by atoms with E-state index in [0.29, 0.717) is 24.8 Å². The molecule has 4 rings (SSSR count). The fourth-order valence-corrected chi connectivity index (χ4v) is 3.09. The number of nitrogens with one attached hydrogen (secondary N) is 1. The summed E-state index contributed by atoms with van der Waals surface area (Å²) < 4.78 is 5.19. The maximum atomic E-state index is 12.3. The molecule has 24 heavy (non-hydrogen) atoms. The molecular formula is C18H18N4O2. The number of H-pyrrole nitrogens is 1. The lowest BCUT2D eigenvalue weighted by Gasteiger charge is -2.30. The van der Waals surface area contributed by atoms with Gasteiger partial charge >= 0.3 is 0 Å². The van der Waals surface area contributed by atoms with Crippen molar-refractivity contribution < 1.29 is 9.21 Å². The summed E-state index contributed by atoms with van der Waals surface area (Å²) in [5, 5.41) is 7.39. The van der Waals surface area contributed by atoms with Gasteiger partial charge < -0.3 is 9.32 Å². The number of likely N-dealkylation sites (tertiary alicyclic amines) is 1. The zero-order valence-corrected chi connectivity index (χ0v) is 13.2. The highest BCUT2D eigenvalue weighted by Crippen LogP contribution is 2.27. The molecule has 1 aromatic carbocycles. The normalized spacial score (nSPS) is 15.6. The molecule has 0 bridgehead atoms. The zero-order valence-electron chi connectivity index (χ0n) is 13.2. The number of hydrogen-bond acceptors (Lipinski definition) is 4. The van der Waals surface area contributed by atoms with Crippen LogP contribution in [0.1, 0.15) is 35.1 Å². The lowest BCUT2D eigenvalue weighted by atomic mass is 9.96. The molecule has 122 valence electrons. The standard InChI is InChI=1S/C18H18N4O2/c23-18(15-7-4-12-24-15)22-10-8-14(9-11-22)17-19-16(20-21-17)13-5-2-1-3-6-13/h1-7,12,14H,8-11H2,(H,19,20,21). The largest absolute Gasteiger partial charge is 0.459 e. The number of rotatable bonds is 3. The van der Waals surface area contributed by atoms with Gasteiger partial charge in [-0.15, -0.1) is 0 Å². The van der Waals surface area contributed by atoms with Gasteiger partial charge in [0.15, 0.2) is 11.6 Å². The average molecular weight is 322 g/mol. The third kappa shape index (κ3) is 2.82. The second-order valence-corrected chi connectivity index (χ2v) is 5.95. The third-order valence-electron chi connectivity index (χ3n) is 4.44. The minimum absolute atomic E-state index is 0.0407. The van der Waals surface area contributed by atoms with Gasteiger partial charge in [0, 0.05) is 24.6 Å². The van der Waals surface area contributed by atoms with Crippen LogP contribution in [0.5, 0.6) is 0 Å². The molecule has 0 aliphatic carbocycles. The van der Waals surface area contributed by atoms with Gasteiger partial charge in [0.05, 0.1) is 6.26 Å². The summed E-state index contributed by atoms with van der Waals surface area (Å²) in [6, 6.07) is 13.4. The highest BCUT2D eigenvalue weighted by atomic mass is 16.3. The molecule has 3 aromatic rings. The van der Waals surface area contributed by atoms with Gasteiger partial charge in [-0.2, -0.15) is 5.10 Å². The number of hydrogen-bond donors (Lipinski definition) is 1. The number of carbonyl (C=O) groups excluding carboxylic acids is 1. The first-order chi connectivity index (χ1) is 11.8. The van der Waals surface area contributed by atoms with Crippen molar-refractivity contribution in [1.29, 1.82) is 0 Å². The van der Waals surface area contributed by atoms with E-state index in [2.05, 4.69) is 15.2 Å². The van der Waals surface area contributed by atoms with Gasteiger partial charge in [0.25, 0.3) is 5.91 Å². The first-order valence-corrected chi connectivity index (χ1v) is 8.12. The van der Waals surface area contributed by atoms with Gasteiger partial charge in [-0.05, 0) is 25.0 Å². The first-order valence-electron chi connectivity index (χ1n) is 8.12. The molecule has 0 spiro atoms. The predicted octanol–water partition coefficient (Wildman–Crippen LogP) is 3.08. The summed E-state index contributed by atoms with van der Waals surface area (Å²) in [5.74, 6) is 2.29. The monoisotopic (exact) mass is 322 g/mol. The van der Waals surface area contributed by atoms with E-state index in [4.69, 9.17) is 4.42 Å². The van der Waals surface area contributed by atoms with E-state index in [9.17, 15) is 4.79 Å². The van der Waals surface area contributed by atoms with Crippen molar-refractivity contribution in [3.63, 3.8) is 0 Å². The van der Waals surface area contributed by atoms with Gasteiger partial charge in [-0.25, -0.2) is 4.98 Å². The number of carbonyl (C=O) groups is 1. The Morgan fingerprint density at radius 1 is 1.12 bits per heavy atom. The van der Waals surface area contributed by atoms with Gasteiger partial charge in [0.1, 0.15) is 5.82 Å². The van der Waals surface area contributed by atoms with Crippen LogP contribution in [-0.2, 0) is 0 Å². The Hall–Kier alpha value is -2.89. The van der Waals surface area contributed by atoms with Crippen molar-refractivity contribution in [2.24, 2.45) is 0 Å². The average Bonchev–Trinajstić information content (AvgIpc) is 3.34. The third-order valence-corrected chi connectivity index (χ3v) is 4.44. The van der Waals surface area contributed by atoms with E-state index in [1.54, 1.807) is 12.1 Å². The summed E-state index contributed by atoms with van der Waals surface area (Å²) in [7, 11) is 0. The van der Waals surface area contributed by atoms with Crippen LogP contribution in [-0.4, -0.2) is 39.1 Å². The van der Waals surface area contributed by atoms with Crippen LogP contribution in [0.25, 0.3) is 11.4 Å². The summed E-state index contributed by atoms with van der Waals surface area (Å²) >= 11 is 0. The minimum atomic E-state index is -0.0407. The molecule has 6 nitrogen and oxygen atoms in total. The Kier molecular flexibility index (Phi) is 3.86. The molecule has 1 N–H and O–H groups in total. The molecule has 1 fully saturated rings. The molecule has 2 aromatic heterocycles. The zero-order chi connectivity index (χ0) is 16.4. The van der Waals surface area contributed by atoms with Crippen molar-refractivity contribution >= 4 is 5.91 Å². The summed E-state index contributed by atoms with van der Waals surface area (Å²) in [4.78, 5) is 18.8. The topological polar surface area (TPSA) is 75.0 Å². The number of amides is 1. The lowest BCUT2D eigenvalue weighted by Crippen LogP contribution is -2.37. The Bertz CT molecular complexity index is 803. The smallest absolute Gasteiger partial charge is 0.289 e. The van der Waals surface area contributed by atoms with E-state index in [1.165, 1.54) is 6.26 Å². The maximum Gasteiger partial charge on any atom is 0.289 e. The van der Waals surface area contributed by atoms with Crippen molar-refractivity contribution in [1.82, 2.24) is 20.1 Å². The fraction of sp³-hybridized carbons (Fsp3) is 0.278. The Balaban J connectivity index is 1.41. The van der Waals surface area contributed by atoms with Crippen molar-refractivity contribution in [3.05, 3.63) is 60.3 Å². The number of furan rings is 1. The molecule has 3 heterocycles. The first kappa shape index (κ1) is 14.7. The van der Waals surface area contributed by atoms with Gasteiger partial charge in [-0.1, -0.05) is 30.3 Å². The molecule has 0 atom stereocenters. The van der Waals surface area contributed by atoms with Crippen LogP contribution in [0.2, 0.25) is 0 Å². The van der Waals surface area contributed by atoms with E-state index < -0.39 is 0 Å². The number of benzene rings is 1. The van der Waals surface area contributed by atoms with Crippen LogP contribution >= 0.6 is 0 Å². The molecule has 0 saturated carbocycles.